The molecule has 1 amide bonds. The van der Waals surface area contributed by atoms with E-state index < -0.39 is 0 Å². The standard InChI is InChI=1S/C15H18N4O2/c1-10-14(11(2)17-15(16-10)19(3)4)18-13(20)8-7-12-6-5-9-21-12/h5-9H,1-4H3,(H,18,20). The van der Waals surface area contributed by atoms with E-state index in [0.717, 1.165) is 11.4 Å². The molecule has 0 aliphatic heterocycles. The first-order valence-corrected chi connectivity index (χ1v) is 6.52. The van der Waals surface area contributed by atoms with Crippen LogP contribution in [0.2, 0.25) is 0 Å². The van der Waals surface area contributed by atoms with Gasteiger partial charge in [-0.25, -0.2) is 9.97 Å². The lowest BCUT2D eigenvalue weighted by molar-refractivity contribution is -0.111. The maximum atomic E-state index is 11.9. The Bertz CT molecular complexity index is 637. The Morgan fingerprint density at radius 3 is 2.48 bits per heavy atom. The van der Waals surface area contributed by atoms with Gasteiger partial charge in [0.2, 0.25) is 11.9 Å². The number of aromatic nitrogens is 2. The van der Waals surface area contributed by atoms with E-state index in [9.17, 15) is 4.79 Å². The van der Waals surface area contributed by atoms with Crippen LogP contribution in [0.1, 0.15) is 17.1 Å². The summed E-state index contributed by atoms with van der Waals surface area (Å²) in [5, 5.41) is 2.80. The van der Waals surface area contributed by atoms with E-state index in [1.807, 2.05) is 32.8 Å². The molecule has 0 spiro atoms. The van der Waals surface area contributed by atoms with Crippen LogP contribution in [0.4, 0.5) is 11.6 Å². The Labute approximate surface area is 123 Å². The van der Waals surface area contributed by atoms with Gasteiger partial charge in [-0.2, -0.15) is 0 Å². The Hall–Kier alpha value is -2.63. The number of carbonyl (C=O) groups is 1. The van der Waals surface area contributed by atoms with Crippen LogP contribution in [0.5, 0.6) is 0 Å². The van der Waals surface area contributed by atoms with E-state index in [1.165, 1.54) is 6.08 Å². The molecule has 2 heterocycles. The number of anilines is 2. The van der Waals surface area contributed by atoms with Gasteiger partial charge in [-0.15, -0.1) is 0 Å². The van der Waals surface area contributed by atoms with E-state index in [1.54, 1.807) is 24.5 Å². The highest BCUT2D eigenvalue weighted by Gasteiger charge is 2.11. The highest BCUT2D eigenvalue weighted by Crippen LogP contribution is 2.19. The normalized spacial score (nSPS) is 10.9. The molecule has 0 saturated carbocycles. The summed E-state index contributed by atoms with van der Waals surface area (Å²) in [5.74, 6) is 0.991. The molecule has 0 radical (unpaired) electrons. The molecule has 110 valence electrons. The van der Waals surface area contributed by atoms with Crippen molar-refractivity contribution in [2.45, 2.75) is 13.8 Å². The fraction of sp³-hybridized carbons (Fsp3) is 0.267. The first kappa shape index (κ1) is 14.8. The lowest BCUT2D eigenvalue weighted by Crippen LogP contribution is -2.17. The van der Waals surface area contributed by atoms with Crippen molar-refractivity contribution in [3.63, 3.8) is 0 Å². The third-order valence-electron chi connectivity index (χ3n) is 2.85. The molecule has 0 aliphatic rings. The van der Waals surface area contributed by atoms with Crippen LogP contribution in [-0.4, -0.2) is 30.0 Å². The minimum absolute atomic E-state index is 0.251. The van der Waals surface area contributed by atoms with Gasteiger partial charge in [0.1, 0.15) is 5.76 Å². The van der Waals surface area contributed by atoms with Crippen LogP contribution in [-0.2, 0) is 4.79 Å². The minimum Gasteiger partial charge on any atom is -0.465 e. The third-order valence-corrected chi connectivity index (χ3v) is 2.85. The zero-order valence-electron chi connectivity index (χ0n) is 12.5. The Kier molecular flexibility index (Phi) is 4.37. The van der Waals surface area contributed by atoms with Crippen molar-refractivity contribution < 1.29 is 9.21 Å². The molecule has 0 fully saturated rings. The summed E-state index contributed by atoms with van der Waals surface area (Å²) in [4.78, 5) is 22.5. The SMILES string of the molecule is Cc1nc(N(C)C)nc(C)c1NC(=O)C=Cc1ccco1. The fourth-order valence-corrected chi connectivity index (χ4v) is 1.79. The molecular formula is C15H18N4O2. The number of hydrogen-bond acceptors (Lipinski definition) is 5. The molecule has 21 heavy (non-hydrogen) atoms. The summed E-state index contributed by atoms with van der Waals surface area (Å²) < 4.78 is 5.13. The molecule has 2 aromatic heterocycles. The van der Waals surface area contributed by atoms with Crippen LogP contribution in [0.15, 0.2) is 28.9 Å². The second-order valence-electron chi connectivity index (χ2n) is 4.80. The van der Waals surface area contributed by atoms with Crippen molar-refractivity contribution in [1.82, 2.24) is 9.97 Å². The van der Waals surface area contributed by atoms with Gasteiger partial charge in [0.15, 0.2) is 0 Å². The maximum Gasteiger partial charge on any atom is 0.248 e. The monoisotopic (exact) mass is 286 g/mol. The number of rotatable bonds is 4. The van der Waals surface area contributed by atoms with Crippen LogP contribution < -0.4 is 10.2 Å². The van der Waals surface area contributed by atoms with Crippen molar-refractivity contribution in [2.75, 3.05) is 24.3 Å². The number of hydrogen-bond donors (Lipinski definition) is 1. The average molecular weight is 286 g/mol. The van der Waals surface area contributed by atoms with Crippen LogP contribution >= 0.6 is 0 Å². The first-order valence-electron chi connectivity index (χ1n) is 6.52. The van der Waals surface area contributed by atoms with Gasteiger partial charge >= 0.3 is 0 Å². The van der Waals surface area contributed by atoms with Crippen LogP contribution in [0.25, 0.3) is 6.08 Å². The van der Waals surface area contributed by atoms with Crippen molar-refractivity contribution in [3.05, 3.63) is 41.6 Å². The molecular weight excluding hydrogens is 268 g/mol. The second-order valence-corrected chi connectivity index (χ2v) is 4.80. The van der Waals surface area contributed by atoms with Crippen molar-refractivity contribution in [2.24, 2.45) is 0 Å². The topological polar surface area (TPSA) is 71.3 Å². The maximum absolute atomic E-state index is 11.9. The fourth-order valence-electron chi connectivity index (χ4n) is 1.79. The number of furan rings is 1. The summed E-state index contributed by atoms with van der Waals surface area (Å²) in [6, 6.07) is 3.54. The summed E-state index contributed by atoms with van der Waals surface area (Å²) in [6.07, 6.45) is 4.58. The summed E-state index contributed by atoms with van der Waals surface area (Å²) in [6.45, 7) is 3.68. The zero-order chi connectivity index (χ0) is 15.4. The van der Waals surface area contributed by atoms with Crippen LogP contribution in [0, 0.1) is 13.8 Å². The molecule has 1 N–H and O–H groups in total. The zero-order valence-corrected chi connectivity index (χ0v) is 12.5. The molecule has 0 saturated heterocycles. The third kappa shape index (κ3) is 3.68. The quantitative estimate of drug-likeness (QED) is 0.874. The summed E-state index contributed by atoms with van der Waals surface area (Å²) in [5.41, 5.74) is 2.09. The first-order chi connectivity index (χ1) is 9.97. The molecule has 2 aromatic rings. The van der Waals surface area contributed by atoms with E-state index in [2.05, 4.69) is 15.3 Å². The Morgan fingerprint density at radius 2 is 1.95 bits per heavy atom. The molecule has 2 rings (SSSR count). The number of amides is 1. The smallest absolute Gasteiger partial charge is 0.248 e. The van der Waals surface area contributed by atoms with Gasteiger partial charge in [-0.05, 0) is 32.1 Å². The lowest BCUT2D eigenvalue weighted by Gasteiger charge is -2.15. The van der Waals surface area contributed by atoms with Crippen molar-refractivity contribution in [1.29, 1.82) is 0 Å². The molecule has 0 atom stereocenters. The average Bonchev–Trinajstić information content (AvgIpc) is 2.93. The van der Waals surface area contributed by atoms with E-state index in [0.29, 0.717) is 17.4 Å². The van der Waals surface area contributed by atoms with Gasteiger partial charge < -0.3 is 14.6 Å². The number of carbonyl (C=O) groups excluding carboxylic acids is 1. The molecule has 0 unspecified atom stereocenters. The lowest BCUT2D eigenvalue weighted by atomic mass is 10.2. The molecule has 0 bridgehead atoms. The van der Waals surface area contributed by atoms with E-state index in [-0.39, 0.29) is 5.91 Å². The van der Waals surface area contributed by atoms with Gasteiger partial charge in [0.25, 0.3) is 0 Å². The van der Waals surface area contributed by atoms with E-state index in [4.69, 9.17) is 4.42 Å². The number of aryl methyl sites for hydroxylation is 2. The number of nitrogens with zero attached hydrogens (tertiary/aromatic N) is 3. The van der Waals surface area contributed by atoms with Gasteiger partial charge in [0.05, 0.1) is 23.3 Å². The molecule has 6 nitrogen and oxygen atoms in total. The van der Waals surface area contributed by atoms with Crippen molar-refractivity contribution >= 4 is 23.6 Å². The number of nitrogens with one attached hydrogen (secondary N) is 1. The molecule has 0 aliphatic carbocycles. The van der Waals surface area contributed by atoms with Gasteiger partial charge in [-0.1, -0.05) is 0 Å². The van der Waals surface area contributed by atoms with Gasteiger partial charge in [-0.3, -0.25) is 4.79 Å². The van der Waals surface area contributed by atoms with E-state index >= 15 is 0 Å². The predicted octanol–water partition coefficient (Wildman–Crippen LogP) is 2.40. The Balaban J connectivity index is 2.14. The highest BCUT2D eigenvalue weighted by atomic mass is 16.3. The summed E-state index contributed by atoms with van der Waals surface area (Å²) >= 11 is 0. The molecule has 0 aromatic carbocycles. The molecule has 6 heteroatoms. The predicted molar refractivity (Wildman–Crippen MR) is 82.2 cm³/mol. The van der Waals surface area contributed by atoms with Gasteiger partial charge in [0, 0.05) is 20.2 Å². The minimum atomic E-state index is -0.251. The van der Waals surface area contributed by atoms with Crippen LogP contribution in [0.3, 0.4) is 0 Å². The Morgan fingerprint density at radius 1 is 1.29 bits per heavy atom. The van der Waals surface area contributed by atoms with Crippen molar-refractivity contribution in [3.8, 4) is 0 Å². The highest BCUT2D eigenvalue weighted by molar-refractivity contribution is 6.02. The largest absolute Gasteiger partial charge is 0.465 e. The summed E-state index contributed by atoms with van der Waals surface area (Å²) in [7, 11) is 3.75. The second kappa shape index (κ2) is 6.21.